The van der Waals surface area contributed by atoms with Crippen molar-refractivity contribution in [2.45, 2.75) is 31.7 Å². The Hall–Kier alpha value is -2.08. The van der Waals surface area contributed by atoms with Crippen LogP contribution in [0.2, 0.25) is 5.02 Å². The summed E-state index contributed by atoms with van der Waals surface area (Å²) in [6.45, 7) is 2.81. The first-order valence-electron chi connectivity index (χ1n) is 8.10. The molecule has 1 atom stereocenters. The minimum Gasteiger partial charge on any atom is -0.341 e. The highest BCUT2D eigenvalue weighted by molar-refractivity contribution is 6.30. The second-order valence-electron chi connectivity index (χ2n) is 6.39. The van der Waals surface area contributed by atoms with Crippen LogP contribution >= 0.6 is 11.6 Å². The summed E-state index contributed by atoms with van der Waals surface area (Å²) in [7, 11) is 0. The van der Waals surface area contributed by atoms with Gasteiger partial charge in [0.1, 0.15) is 12.1 Å². The first-order valence-corrected chi connectivity index (χ1v) is 8.47. The number of piperidine rings is 1. The monoisotopic (exact) mass is 349 g/mol. The lowest BCUT2D eigenvalue weighted by Gasteiger charge is -2.28. The van der Waals surface area contributed by atoms with E-state index in [-0.39, 0.29) is 12.5 Å². The molecule has 4 amide bonds. The van der Waals surface area contributed by atoms with Gasteiger partial charge in [0.05, 0.1) is 0 Å². The van der Waals surface area contributed by atoms with E-state index in [1.807, 2.05) is 0 Å². The molecule has 128 valence electrons. The topological polar surface area (TPSA) is 69.7 Å². The van der Waals surface area contributed by atoms with Gasteiger partial charge < -0.3 is 10.2 Å². The zero-order chi connectivity index (χ0) is 17.3. The highest BCUT2D eigenvalue weighted by Crippen LogP contribution is 2.29. The van der Waals surface area contributed by atoms with E-state index < -0.39 is 17.5 Å². The molecule has 2 heterocycles. The van der Waals surface area contributed by atoms with Crippen LogP contribution in [-0.4, -0.2) is 47.3 Å². The van der Waals surface area contributed by atoms with Gasteiger partial charge in [-0.25, -0.2) is 4.79 Å². The summed E-state index contributed by atoms with van der Waals surface area (Å²) in [5.74, 6) is -0.598. The average molecular weight is 350 g/mol. The summed E-state index contributed by atoms with van der Waals surface area (Å²) < 4.78 is 0. The van der Waals surface area contributed by atoms with Crippen molar-refractivity contribution in [3.63, 3.8) is 0 Å². The van der Waals surface area contributed by atoms with Gasteiger partial charge in [0.15, 0.2) is 0 Å². The van der Waals surface area contributed by atoms with Gasteiger partial charge in [-0.15, -0.1) is 0 Å². The van der Waals surface area contributed by atoms with E-state index in [9.17, 15) is 14.4 Å². The minimum absolute atomic E-state index is 0.182. The van der Waals surface area contributed by atoms with Crippen LogP contribution in [0.1, 0.15) is 31.7 Å². The van der Waals surface area contributed by atoms with Gasteiger partial charge in [0.2, 0.25) is 5.91 Å². The molecule has 6 nitrogen and oxygen atoms in total. The molecule has 0 aliphatic carbocycles. The molecule has 0 radical (unpaired) electrons. The number of nitrogens with one attached hydrogen (secondary N) is 1. The largest absolute Gasteiger partial charge is 0.341 e. The second-order valence-corrected chi connectivity index (χ2v) is 6.83. The highest BCUT2D eigenvalue weighted by Gasteiger charge is 2.49. The molecular weight excluding hydrogens is 330 g/mol. The molecule has 0 spiro atoms. The molecule has 3 rings (SSSR count). The SMILES string of the molecule is CC1(c2ccc(Cl)cc2)NC(=O)N(CC(=O)N2CCCCC2)C1=O. The van der Waals surface area contributed by atoms with Crippen LogP contribution in [0.4, 0.5) is 4.79 Å². The Labute approximate surface area is 145 Å². The number of likely N-dealkylation sites (tertiary alicyclic amines) is 1. The lowest BCUT2D eigenvalue weighted by atomic mass is 9.92. The van der Waals surface area contributed by atoms with Gasteiger partial charge >= 0.3 is 6.03 Å². The molecular formula is C17H20ClN3O3. The molecule has 2 aliphatic rings. The molecule has 2 fully saturated rings. The fourth-order valence-electron chi connectivity index (χ4n) is 3.20. The van der Waals surface area contributed by atoms with Crippen LogP contribution in [0.3, 0.4) is 0 Å². The van der Waals surface area contributed by atoms with Crippen molar-refractivity contribution >= 4 is 29.4 Å². The van der Waals surface area contributed by atoms with Gasteiger partial charge in [-0.05, 0) is 43.9 Å². The van der Waals surface area contributed by atoms with Gasteiger partial charge in [0.25, 0.3) is 5.91 Å². The van der Waals surface area contributed by atoms with E-state index in [2.05, 4.69) is 5.32 Å². The number of carbonyl (C=O) groups excluding carboxylic acids is 3. The van der Waals surface area contributed by atoms with Crippen LogP contribution in [0.15, 0.2) is 24.3 Å². The van der Waals surface area contributed by atoms with E-state index in [0.717, 1.165) is 24.2 Å². The Morgan fingerprint density at radius 2 is 1.79 bits per heavy atom. The maximum absolute atomic E-state index is 12.8. The smallest absolute Gasteiger partial charge is 0.325 e. The van der Waals surface area contributed by atoms with Gasteiger partial charge in [-0.1, -0.05) is 23.7 Å². The van der Waals surface area contributed by atoms with Crippen LogP contribution in [0, 0.1) is 0 Å². The molecule has 1 aromatic carbocycles. The highest BCUT2D eigenvalue weighted by atomic mass is 35.5. The summed E-state index contributed by atoms with van der Waals surface area (Å²) in [4.78, 5) is 40.1. The molecule has 7 heteroatoms. The average Bonchev–Trinajstić information content (AvgIpc) is 2.80. The Kier molecular flexibility index (Phi) is 4.49. The number of benzene rings is 1. The summed E-state index contributed by atoms with van der Waals surface area (Å²) in [6, 6.07) is 6.21. The standard InChI is InChI=1S/C17H20ClN3O3/c1-17(12-5-7-13(18)8-6-12)15(23)21(16(24)19-17)11-14(22)20-9-3-2-4-10-20/h5-8H,2-4,9-11H2,1H3,(H,19,24). The summed E-state index contributed by atoms with van der Waals surface area (Å²) in [6.07, 6.45) is 3.05. The number of rotatable bonds is 3. The molecule has 24 heavy (non-hydrogen) atoms. The second kappa shape index (κ2) is 6.43. The molecule has 1 aromatic rings. The van der Waals surface area contributed by atoms with Crippen LogP contribution in [-0.2, 0) is 15.1 Å². The Morgan fingerprint density at radius 3 is 2.42 bits per heavy atom. The number of urea groups is 1. The maximum Gasteiger partial charge on any atom is 0.325 e. The van der Waals surface area contributed by atoms with E-state index in [1.165, 1.54) is 0 Å². The fraction of sp³-hybridized carbons (Fsp3) is 0.471. The van der Waals surface area contributed by atoms with Gasteiger partial charge in [-0.2, -0.15) is 0 Å². The van der Waals surface area contributed by atoms with Crippen molar-refractivity contribution < 1.29 is 14.4 Å². The molecule has 1 N–H and O–H groups in total. The number of nitrogens with zero attached hydrogens (tertiary/aromatic N) is 2. The van der Waals surface area contributed by atoms with Crippen molar-refractivity contribution in [2.24, 2.45) is 0 Å². The Morgan fingerprint density at radius 1 is 1.17 bits per heavy atom. The third-order valence-electron chi connectivity index (χ3n) is 4.70. The lowest BCUT2D eigenvalue weighted by Crippen LogP contribution is -2.45. The predicted molar refractivity (Wildman–Crippen MR) is 89.5 cm³/mol. The van der Waals surface area contributed by atoms with Crippen molar-refractivity contribution in [3.05, 3.63) is 34.9 Å². The fourth-order valence-corrected chi connectivity index (χ4v) is 3.32. The predicted octanol–water partition coefficient (Wildman–Crippen LogP) is 2.12. The van der Waals surface area contributed by atoms with E-state index in [4.69, 9.17) is 11.6 Å². The summed E-state index contributed by atoms with van der Waals surface area (Å²) in [5.41, 5.74) is -0.540. The minimum atomic E-state index is -1.18. The quantitative estimate of drug-likeness (QED) is 0.850. The number of carbonyl (C=O) groups is 3. The molecule has 0 saturated carbocycles. The van der Waals surface area contributed by atoms with E-state index in [0.29, 0.717) is 23.7 Å². The number of imide groups is 1. The van der Waals surface area contributed by atoms with Crippen LogP contribution < -0.4 is 5.32 Å². The van der Waals surface area contributed by atoms with Crippen molar-refractivity contribution in [1.29, 1.82) is 0 Å². The van der Waals surface area contributed by atoms with Crippen LogP contribution in [0.25, 0.3) is 0 Å². The van der Waals surface area contributed by atoms with Crippen molar-refractivity contribution in [3.8, 4) is 0 Å². The first kappa shape index (κ1) is 16.8. The van der Waals surface area contributed by atoms with Gasteiger partial charge in [0, 0.05) is 18.1 Å². The summed E-state index contributed by atoms with van der Waals surface area (Å²) in [5, 5.41) is 3.25. The molecule has 2 aliphatic heterocycles. The number of amides is 4. The number of halogens is 1. The zero-order valence-corrected chi connectivity index (χ0v) is 14.3. The van der Waals surface area contributed by atoms with E-state index >= 15 is 0 Å². The van der Waals surface area contributed by atoms with Crippen LogP contribution in [0.5, 0.6) is 0 Å². The van der Waals surface area contributed by atoms with Gasteiger partial charge in [-0.3, -0.25) is 14.5 Å². The van der Waals surface area contributed by atoms with Crippen molar-refractivity contribution in [1.82, 2.24) is 15.1 Å². The Bertz CT molecular complexity index is 670. The zero-order valence-electron chi connectivity index (χ0n) is 13.5. The molecule has 2 saturated heterocycles. The third-order valence-corrected chi connectivity index (χ3v) is 4.95. The molecule has 0 bridgehead atoms. The van der Waals surface area contributed by atoms with E-state index in [1.54, 1.807) is 36.1 Å². The Balaban J connectivity index is 1.76. The third kappa shape index (κ3) is 2.98. The molecule has 0 aromatic heterocycles. The summed E-state index contributed by atoms with van der Waals surface area (Å²) >= 11 is 5.88. The lowest BCUT2D eigenvalue weighted by molar-refractivity contribution is -0.139. The maximum atomic E-state index is 12.8. The first-order chi connectivity index (χ1) is 11.4. The normalized spacial score (nSPS) is 24.2. The number of hydrogen-bond donors (Lipinski definition) is 1. The number of hydrogen-bond acceptors (Lipinski definition) is 3. The molecule has 1 unspecified atom stereocenters. The van der Waals surface area contributed by atoms with Crippen molar-refractivity contribution in [2.75, 3.05) is 19.6 Å².